The summed E-state index contributed by atoms with van der Waals surface area (Å²) in [5.74, 6) is 0. The van der Waals surface area contributed by atoms with Crippen LogP contribution in [-0.2, 0) is 0 Å². The average molecular weight is 232 g/mol. The second kappa shape index (κ2) is 2.77. The van der Waals surface area contributed by atoms with Gasteiger partial charge in [0, 0.05) is 0 Å². The predicted molar refractivity (Wildman–Crippen MR) is 36.5 cm³/mol. The molecule has 0 N–H and O–H groups in total. The molecule has 41 valence electrons. The molecule has 0 saturated carbocycles. The summed E-state index contributed by atoms with van der Waals surface area (Å²) in [4.78, 5) is 4.07. The Morgan fingerprint density at radius 2 is 2.62 bits per heavy atom. The Hall–Kier alpha value is 0.359. The monoisotopic (exact) mass is 233 g/mol. The predicted octanol–water partition coefficient (Wildman–Crippen LogP) is -0.197. The first-order chi connectivity index (χ1) is 3.84. The van der Waals surface area contributed by atoms with Gasteiger partial charge in [-0.2, -0.15) is 0 Å². The van der Waals surface area contributed by atoms with Crippen molar-refractivity contribution < 1.29 is 0 Å². The Balaban J connectivity index is 2.92. The van der Waals surface area contributed by atoms with Crippen molar-refractivity contribution in [1.82, 2.24) is 8.96 Å². The molecule has 4 heteroatoms. The van der Waals surface area contributed by atoms with E-state index in [1.54, 1.807) is 11.9 Å². The van der Waals surface area contributed by atoms with E-state index in [-0.39, 0.29) is 0 Å². The quantitative estimate of drug-likeness (QED) is 0.624. The van der Waals surface area contributed by atoms with Gasteiger partial charge < -0.3 is 0 Å². The molecule has 0 aromatic carbocycles. The van der Waals surface area contributed by atoms with Gasteiger partial charge in [-0.1, -0.05) is 0 Å². The van der Waals surface area contributed by atoms with E-state index in [1.165, 1.54) is 22.5 Å². The van der Waals surface area contributed by atoms with E-state index in [2.05, 4.69) is 8.96 Å². The molecule has 0 saturated heterocycles. The molecule has 0 aliphatic heterocycles. The zero-order chi connectivity index (χ0) is 5.98. The maximum atomic E-state index is 4.07. The van der Waals surface area contributed by atoms with E-state index in [0.717, 1.165) is 3.84 Å². The van der Waals surface area contributed by atoms with Gasteiger partial charge in [0.05, 0.1) is 0 Å². The van der Waals surface area contributed by atoms with Crippen molar-refractivity contribution in [3.05, 3.63) is 12.4 Å². The van der Waals surface area contributed by atoms with Crippen LogP contribution in [0.4, 0.5) is 0 Å². The minimum absolute atomic E-state index is 1.14. The minimum atomic E-state index is 1.14. The molecule has 2 nitrogen and oxygen atoms in total. The molecule has 0 bridgehead atoms. The molecule has 3 radical (unpaired) electrons. The standard InChI is InChI=1S/C4H5N2S.Sn/c1-7-6-3-2-5-4-6;/h2-3H,1H3;. The average Bonchev–Trinajstić information content (AvgIpc) is 2.14. The number of rotatable bonds is 1. The molecule has 1 rings (SSSR count). The Morgan fingerprint density at radius 1 is 1.88 bits per heavy atom. The van der Waals surface area contributed by atoms with Crippen molar-refractivity contribution >= 4 is 38.3 Å². The van der Waals surface area contributed by atoms with Crippen molar-refractivity contribution in [2.45, 2.75) is 0 Å². The number of imidazole rings is 1. The molecule has 0 fully saturated rings. The second-order valence-corrected chi connectivity index (χ2v) is 3.29. The van der Waals surface area contributed by atoms with Gasteiger partial charge in [-0.25, -0.2) is 0 Å². The van der Waals surface area contributed by atoms with E-state index in [9.17, 15) is 0 Å². The van der Waals surface area contributed by atoms with Gasteiger partial charge in [0.25, 0.3) is 0 Å². The van der Waals surface area contributed by atoms with Crippen LogP contribution in [-0.4, -0.2) is 37.7 Å². The molecule has 8 heavy (non-hydrogen) atoms. The van der Waals surface area contributed by atoms with Crippen LogP contribution in [0, 0.1) is 0 Å². The van der Waals surface area contributed by atoms with E-state index >= 15 is 0 Å². The first-order valence-corrected chi connectivity index (χ1v) is 4.75. The summed E-state index contributed by atoms with van der Waals surface area (Å²) >= 11 is 3.05. The summed E-state index contributed by atoms with van der Waals surface area (Å²) < 4.78 is 3.20. The van der Waals surface area contributed by atoms with Gasteiger partial charge in [-0.05, 0) is 0 Å². The number of aromatic nitrogens is 2. The summed E-state index contributed by atoms with van der Waals surface area (Å²) in [6, 6.07) is 0. The second-order valence-electron chi connectivity index (χ2n) is 1.26. The topological polar surface area (TPSA) is 17.8 Å². The fraction of sp³-hybridized carbons (Fsp3) is 0.250. The summed E-state index contributed by atoms with van der Waals surface area (Å²) in [7, 11) is 0. The fourth-order valence-corrected chi connectivity index (χ4v) is 2.04. The molecular weight excluding hydrogens is 227 g/mol. The summed E-state index contributed by atoms with van der Waals surface area (Å²) in [6.45, 7) is 0. The van der Waals surface area contributed by atoms with Crippen LogP contribution in [0.5, 0.6) is 0 Å². The maximum absolute atomic E-state index is 4.07. The normalized spacial score (nSPS) is 9.75. The molecule has 0 aliphatic rings. The Bertz CT molecular complexity index is 174. The van der Waals surface area contributed by atoms with E-state index < -0.39 is 0 Å². The first kappa shape index (κ1) is 6.48. The molecule has 1 aromatic rings. The zero-order valence-electron chi connectivity index (χ0n) is 4.46. The Kier molecular flexibility index (Phi) is 2.25. The fourth-order valence-electron chi connectivity index (χ4n) is 0.439. The van der Waals surface area contributed by atoms with Crippen molar-refractivity contribution in [1.29, 1.82) is 0 Å². The molecule has 0 spiro atoms. The zero-order valence-corrected chi connectivity index (χ0v) is 8.13. The van der Waals surface area contributed by atoms with E-state index in [1.807, 2.05) is 18.6 Å². The third-order valence-electron chi connectivity index (χ3n) is 0.804. The summed E-state index contributed by atoms with van der Waals surface area (Å²) in [5, 5.41) is 0. The first-order valence-electron chi connectivity index (χ1n) is 2.14. The molecular formula is C4H5N2SSn. The van der Waals surface area contributed by atoms with Crippen LogP contribution in [0.25, 0.3) is 0 Å². The molecule has 1 aromatic heterocycles. The van der Waals surface area contributed by atoms with Crippen molar-refractivity contribution in [3.63, 3.8) is 0 Å². The Morgan fingerprint density at radius 3 is 2.88 bits per heavy atom. The van der Waals surface area contributed by atoms with Crippen molar-refractivity contribution in [2.24, 2.45) is 0 Å². The molecule has 0 unspecified atom stereocenters. The van der Waals surface area contributed by atoms with Gasteiger partial charge >= 0.3 is 65.9 Å². The third kappa shape index (κ3) is 1.20. The number of hydrogen-bond acceptors (Lipinski definition) is 2. The van der Waals surface area contributed by atoms with Gasteiger partial charge in [0.2, 0.25) is 0 Å². The van der Waals surface area contributed by atoms with Gasteiger partial charge in [-0.15, -0.1) is 0 Å². The number of nitrogens with zero attached hydrogens (tertiary/aromatic N) is 2. The van der Waals surface area contributed by atoms with Crippen LogP contribution in [0.2, 0.25) is 0 Å². The van der Waals surface area contributed by atoms with E-state index in [4.69, 9.17) is 0 Å². The van der Waals surface area contributed by atoms with Crippen LogP contribution in [0.15, 0.2) is 12.4 Å². The van der Waals surface area contributed by atoms with Gasteiger partial charge in [0.1, 0.15) is 0 Å². The molecule has 0 aliphatic carbocycles. The molecule has 1 heterocycles. The van der Waals surface area contributed by atoms with Crippen LogP contribution in [0.3, 0.4) is 0 Å². The van der Waals surface area contributed by atoms with Gasteiger partial charge in [-0.3, -0.25) is 0 Å². The Labute approximate surface area is 65.9 Å². The SMILES string of the molecule is CSn1ccn[c]1[Sn]. The van der Waals surface area contributed by atoms with Crippen molar-refractivity contribution in [2.75, 3.05) is 6.26 Å². The molecule has 0 amide bonds. The van der Waals surface area contributed by atoms with E-state index in [0.29, 0.717) is 0 Å². The van der Waals surface area contributed by atoms with Crippen LogP contribution < -0.4 is 3.84 Å². The number of hydrogen-bond donors (Lipinski definition) is 0. The van der Waals surface area contributed by atoms with Gasteiger partial charge in [0.15, 0.2) is 0 Å². The molecule has 0 atom stereocenters. The van der Waals surface area contributed by atoms with Crippen molar-refractivity contribution in [3.8, 4) is 0 Å². The third-order valence-corrected chi connectivity index (χ3v) is 3.01. The summed E-state index contributed by atoms with van der Waals surface area (Å²) in [5.41, 5.74) is 0. The van der Waals surface area contributed by atoms with Crippen LogP contribution >= 0.6 is 11.9 Å². The summed E-state index contributed by atoms with van der Waals surface area (Å²) in [6.07, 6.45) is 5.82. The van der Waals surface area contributed by atoms with Crippen LogP contribution in [0.1, 0.15) is 0 Å².